The molecule has 1 aliphatic rings. The van der Waals surface area contributed by atoms with E-state index in [2.05, 4.69) is 0 Å². The van der Waals surface area contributed by atoms with Gasteiger partial charge in [0.2, 0.25) is 0 Å². The lowest BCUT2D eigenvalue weighted by Crippen LogP contribution is -2.57. The number of benzene rings is 1. The van der Waals surface area contributed by atoms with Crippen LogP contribution in [0.3, 0.4) is 0 Å². The Balaban J connectivity index is 2.06. The molecule has 1 unspecified atom stereocenters. The van der Waals surface area contributed by atoms with Crippen LogP contribution in [-0.2, 0) is 14.3 Å². The second-order valence-electron chi connectivity index (χ2n) is 5.86. The number of aliphatic hydroxyl groups is 3. The zero-order valence-corrected chi connectivity index (χ0v) is 12.9. The summed E-state index contributed by atoms with van der Waals surface area (Å²) in [7, 11) is 0. The number of rotatable bonds is 4. The van der Waals surface area contributed by atoms with Gasteiger partial charge in [0, 0.05) is 18.9 Å². The zero-order chi connectivity index (χ0) is 18.8. The summed E-state index contributed by atoms with van der Waals surface area (Å²) >= 11 is 0. The van der Waals surface area contributed by atoms with Gasteiger partial charge in [0.05, 0.1) is 6.10 Å². The number of carbonyl (C=O) groups excluding carboxylic acids is 1. The predicted octanol–water partition coefficient (Wildman–Crippen LogP) is -0.646. The number of hydrogen-bond acceptors (Lipinski definition) is 8. The molecule has 1 aromatic carbocycles. The number of aliphatic hydroxyl groups excluding tert-OH is 2. The largest absolute Gasteiger partial charge is 0.504 e. The van der Waals surface area contributed by atoms with E-state index in [-0.39, 0.29) is 11.5 Å². The van der Waals surface area contributed by atoms with Crippen LogP contribution in [0.4, 0.5) is 0 Å². The van der Waals surface area contributed by atoms with Crippen molar-refractivity contribution in [2.24, 2.45) is 0 Å². The minimum atomic E-state index is -2.31. The predicted molar refractivity (Wildman–Crippen MR) is 82.5 cm³/mol. The van der Waals surface area contributed by atoms with Crippen LogP contribution in [0.1, 0.15) is 18.4 Å². The number of carboxylic acid groups (broad SMARTS) is 1. The fourth-order valence-corrected chi connectivity index (χ4v) is 2.53. The number of phenolic OH excluding ortho intramolecular Hbond substituents is 2. The summed E-state index contributed by atoms with van der Waals surface area (Å²) < 4.78 is 4.92. The molecule has 0 saturated heterocycles. The Morgan fingerprint density at radius 1 is 1.16 bits per heavy atom. The molecule has 0 aliphatic heterocycles. The molecular weight excluding hydrogens is 336 g/mol. The molecule has 0 spiro atoms. The van der Waals surface area contributed by atoms with Crippen molar-refractivity contribution >= 4 is 18.0 Å². The van der Waals surface area contributed by atoms with Gasteiger partial charge in [-0.05, 0) is 23.8 Å². The topological polar surface area (TPSA) is 165 Å². The van der Waals surface area contributed by atoms with Gasteiger partial charge in [-0.2, -0.15) is 0 Å². The minimum Gasteiger partial charge on any atom is -0.504 e. The highest BCUT2D eigenvalue weighted by Gasteiger charge is 2.50. The smallest absolute Gasteiger partial charge is 0.335 e. The van der Waals surface area contributed by atoms with Crippen molar-refractivity contribution in [1.29, 1.82) is 0 Å². The van der Waals surface area contributed by atoms with Crippen LogP contribution < -0.4 is 0 Å². The molecule has 136 valence electrons. The molecule has 9 nitrogen and oxygen atoms in total. The Morgan fingerprint density at radius 2 is 1.84 bits per heavy atom. The lowest BCUT2D eigenvalue weighted by molar-refractivity contribution is -0.196. The van der Waals surface area contributed by atoms with E-state index < -0.39 is 48.7 Å². The third-order valence-electron chi connectivity index (χ3n) is 3.94. The van der Waals surface area contributed by atoms with Gasteiger partial charge in [0.1, 0.15) is 12.2 Å². The Hall–Kier alpha value is -2.62. The standard InChI is InChI=1S/C16H18O9/c17-9-3-1-8(5-10(9)18)2-4-13(20)25-12-7-16(24,15(22)23)6-11(19)14(12)21/h1-5,11-12,14,17-19,21,24H,6-7H2,(H,22,23)/b4-2+/t11-,12-,14?,16+/m1/s1. The van der Waals surface area contributed by atoms with Crippen LogP contribution in [0.5, 0.6) is 11.5 Å². The molecule has 1 saturated carbocycles. The fraction of sp³-hybridized carbons (Fsp3) is 0.375. The fourth-order valence-electron chi connectivity index (χ4n) is 2.53. The highest BCUT2D eigenvalue weighted by molar-refractivity contribution is 5.87. The van der Waals surface area contributed by atoms with Crippen LogP contribution in [0, 0.1) is 0 Å². The second-order valence-corrected chi connectivity index (χ2v) is 5.86. The molecule has 6 N–H and O–H groups in total. The van der Waals surface area contributed by atoms with E-state index in [4.69, 9.17) is 9.84 Å². The number of aromatic hydroxyl groups is 2. The monoisotopic (exact) mass is 354 g/mol. The maximum atomic E-state index is 11.8. The lowest BCUT2D eigenvalue weighted by Gasteiger charge is -2.39. The molecular formula is C16H18O9. The van der Waals surface area contributed by atoms with Crippen LogP contribution in [0.2, 0.25) is 0 Å². The number of carboxylic acids is 1. The lowest BCUT2D eigenvalue weighted by atomic mass is 9.79. The molecule has 9 heteroatoms. The quantitative estimate of drug-likeness (QED) is 0.234. The first-order chi connectivity index (χ1) is 11.6. The Labute approximate surface area is 142 Å². The van der Waals surface area contributed by atoms with Crippen molar-refractivity contribution in [2.45, 2.75) is 36.8 Å². The van der Waals surface area contributed by atoms with Crippen molar-refractivity contribution in [3.8, 4) is 11.5 Å². The molecule has 0 radical (unpaired) electrons. The molecule has 0 bridgehead atoms. The van der Waals surface area contributed by atoms with Gasteiger partial charge in [-0.3, -0.25) is 0 Å². The summed E-state index contributed by atoms with van der Waals surface area (Å²) in [6.45, 7) is 0. The molecule has 0 heterocycles. The molecule has 0 aromatic heterocycles. The summed E-state index contributed by atoms with van der Waals surface area (Å²) in [5.74, 6) is -3.24. The molecule has 1 aromatic rings. The van der Waals surface area contributed by atoms with Crippen LogP contribution >= 0.6 is 0 Å². The van der Waals surface area contributed by atoms with E-state index in [0.717, 1.165) is 6.08 Å². The van der Waals surface area contributed by atoms with Crippen LogP contribution in [-0.4, -0.2) is 66.5 Å². The summed E-state index contributed by atoms with van der Waals surface area (Å²) in [6.07, 6.45) is -3.44. The maximum absolute atomic E-state index is 11.8. The Bertz CT molecular complexity index is 699. The third-order valence-corrected chi connectivity index (χ3v) is 3.94. The number of ether oxygens (including phenoxy) is 1. The Kier molecular flexibility index (Phi) is 5.31. The van der Waals surface area contributed by atoms with Gasteiger partial charge in [-0.15, -0.1) is 0 Å². The minimum absolute atomic E-state index is 0.327. The first-order valence-corrected chi connectivity index (χ1v) is 7.35. The number of phenols is 2. The molecule has 25 heavy (non-hydrogen) atoms. The third kappa shape index (κ3) is 4.27. The van der Waals surface area contributed by atoms with Crippen LogP contribution in [0.15, 0.2) is 24.3 Å². The molecule has 1 fully saturated rings. The van der Waals surface area contributed by atoms with E-state index >= 15 is 0 Å². The van der Waals surface area contributed by atoms with E-state index in [1.165, 1.54) is 24.3 Å². The zero-order valence-electron chi connectivity index (χ0n) is 12.9. The van der Waals surface area contributed by atoms with Crippen molar-refractivity contribution in [3.63, 3.8) is 0 Å². The number of esters is 1. The van der Waals surface area contributed by atoms with Gasteiger partial charge in [0.15, 0.2) is 17.1 Å². The van der Waals surface area contributed by atoms with E-state index in [1.54, 1.807) is 0 Å². The van der Waals surface area contributed by atoms with Crippen LogP contribution in [0.25, 0.3) is 6.08 Å². The highest BCUT2D eigenvalue weighted by atomic mass is 16.6. The summed E-state index contributed by atoms with van der Waals surface area (Å²) in [5.41, 5.74) is -1.94. The van der Waals surface area contributed by atoms with E-state index in [0.29, 0.717) is 5.56 Å². The van der Waals surface area contributed by atoms with E-state index in [1.807, 2.05) is 0 Å². The first kappa shape index (κ1) is 18.7. The van der Waals surface area contributed by atoms with Gasteiger partial charge in [-0.25, -0.2) is 9.59 Å². The Morgan fingerprint density at radius 3 is 2.44 bits per heavy atom. The first-order valence-electron chi connectivity index (χ1n) is 7.35. The van der Waals surface area contributed by atoms with Gasteiger partial charge in [-0.1, -0.05) is 6.07 Å². The number of hydrogen-bond donors (Lipinski definition) is 6. The summed E-state index contributed by atoms with van der Waals surface area (Å²) in [5, 5.41) is 57.0. The number of aliphatic carboxylic acids is 1. The van der Waals surface area contributed by atoms with Gasteiger partial charge < -0.3 is 35.4 Å². The molecule has 1 aliphatic carbocycles. The van der Waals surface area contributed by atoms with Gasteiger partial charge >= 0.3 is 11.9 Å². The van der Waals surface area contributed by atoms with Gasteiger partial charge in [0.25, 0.3) is 0 Å². The number of carbonyl (C=O) groups is 2. The SMILES string of the molecule is O=C(/C=C/c1ccc(O)c(O)c1)O[C@@H]1C[C@](O)(C(=O)O)C[C@@H](O)C1O. The molecule has 4 atom stereocenters. The second kappa shape index (κ2) is 7.09. The van der Waals surface area contributed by atoms with E-state index in [9.17, 15) is 35.1 Å². The molecule has 2 rings (SSSR count). The maximum Gasteiger partial charge on any atom is 0.335 e. The summed E-state index contributed by atoms with van der Waals surface area (Å²) in [4.78, 5) is 22.9. The highest BCUT2D eigenvalue weighted by Crippen LogP contribution is 2.31. The van der Waals surface area contributed by atoms with Crippen molar-refractivity contribution < 1.29 is 45.0 Å². The average Bonchev–Trinajstić information content (AvgIpc) is 2.53. The summed E-state index contributed by atoms with van der Waals surface area (Å²) in [6, 6.07) is 3.83. The normalized spacial score (nSPS) is 29.5. The average molecular weight is 354 g/mol. The van der Waals surface area contributed by atoms with Crippen molar-refractivity contribution in [1.82, 2.24) is 0 Å². The van der Waals surface area contributed by atoms with Crippen molar-refractivity contribution in [3.05, 3.63) is 29.8 Å². The van der Waals surface area contributed by atoms with Crippen molar-refractivity contribution in [2.75, 3.05) is 0 Å². The molecule has 0 amide bonds.